The Morgan fingerprint density at radius 1 is 0.897 bits per heavy atom. The second kappa shape index (κ2) is 11.9. The van der Waals surface area contributed by atoms with Crippen molar-refractivity contribution in [3.63, 3.8) is 0 Å². The third-order valence-corrected chi connectivity index (χ3v) is 7.93. The van der Waals surface area contributed by atoms with E-state index in [-0.39, 0.29) is 18.2 Å². The average molecular weight is 525 g/mol. The number of alkyl carbamates (subject to hydrolysis) is 1. The lowest BCUT2D eigenvalue weighted by Crippen LogP contribution is -2.57. The minimum absolute atomic E-state index is 0.0907. The number of benzene rings is 3. The molecule has 6 rings (SSSR count). The van der Waals surface area contributed by atoms with Crippen molar-refractivity contribution in [2.75, 3.05) is 18.0 Å². The standard InChI is InChI=1S/C32H36N4O3/c37-32(38-22-23-9-2-1-3-10-23)35-28-13-5-4-12-27(28)33-25-11-8-20-36(21-25)26-18-16-24(17-19-26)31-34-29-14-6-7-15-30(29)39-31/h1-3,6-7,9-10,14-19,25,27-28,33H,4-5,8,11-13,20-22H2,(H,35,37)/t25-,27+,28+/m0/s1. The van der Waals surface area contributed by atoms with Crippen LogP contribution in [0, 0.1) is 0 Å². The second-order valence-corrected chi connectivity index (χ2v) is 10.7. The second-order valence-electron chi connectivity index (χ2n) is 10.7. The number of amides is 1. The highest BCUT2D eigenvalue weighted by molar-refractivity contribution is 5.76. The van der Waals surface area contributed by atoms with Crippen LogP contribution in [0.25, 0.3) is 22.6 Å². The molecule has 0 spiro atoms. The SMILES string of the molecule is O=C(N[C@@H]1CCCC[C@H]1N[C@H]1CCCN(c2ccc(-c3nc4ccccc4o3)cc2)C1)OCc1ccccc1. The molecule has 1 saturated heterocycles. The summed E-state index contributed by atoms with van der Waals surface area (Å²) >= 11 is 0. The predicted molar refractivity (Wildman–Crippen MR) is 154 cm³/mol. The number of ether oxygens (including phenoxy) is 1. The first-order valence-electron chi connectivity index (χ1n) is 14.2. The van der Waals surface area contributed by atoms with Gasteiger partial charge in [-0.25, -0.2) is 9.78 Å². The van der Waals surface area contributed by atoms with Crippen molar-refractivity contribution in [3.8, 4) is 11.5 Å². The molecular formula is C32H36N4O3. The number of hydrogen-bond donors (Lipinski definition) is 2. The summed E-state index contributed by atoms with van der Waals surface area (Å²) in [4.78, 5) is 19.6. The molecule has 4 aromatic rings. The fourth-order valence-electron chi connectivity index (χ4n) is 5.88. The number of oxazole rings is 1. The molecule has 3 atom stereocenters. The van der Waals surface area contributed by atoms with E-state index in [1.165, 1.54) is 12.1 Å². The van der Waals surface area contributed by atoms with Crippen LogP contribution in [0.5, 0.6) is 0 Å². The molecule has 0 bridgehead atoms. The first-order valence-corrected chi connectivity index (χ1v) is 14.2. The molecule has 1 aliphatic heterocycles. The highest BCUT2D eigenvalue weighted by Gasteiger charge is 2.30. The Morgan fingerprint density at radius 2 is 1.67 bits per heavy atom. The van der Waals surface area contributed by atoms with Crippen LogP contribution in [0.2, 0.25) is 0 Å². The van der Waals surface area contributed by atoms with E-state index in [2.05, 4.69) is 44.8 Å². The number of carbonyl (C=O) groups excluding carboxylic acids is 1. The van der Waals surface area contributed by atoms with Gasteiger partial charge in [0.15, 0.2) is 5.58 Å². The van der Waals surface area contributed by atoms with Gasteiger partial charge in [0.2, 0.25) is 5.89 Å². The van der Waals surface area contributed by atoms with Crippen molar-refractivity contribution in [2.45, 2.75) is 63.3 Å². The summed E-state index contributed by atoms with van der Waals surface area (Å²) < 4.78 is 11.4. The average Bonchev–Trinajstić information content (AvgIpc) is 3.43. The third-order valence-electron chi connectivity index (χ3n) is 7.93. The van der Waals surface area contributed by atoms with Gasteiger partial charge in [-0.05, 0) is 67.6 Å². The molecule has 7 heteroatoms. The number of nitrogens with zero attached hydrogens (tertiary/aromatic N) is 2. The van der Waals surface area contributed by atoms with Gasteiger partial charge in [-0.15, -0.1) is 0 Å². The molecule has 7 nitrogen and oxygen atoms in total. The lowest BCUT2D eigenvalue weighted by atomic mass is 9.89. The predicted octanol–water partition coefficient (Wildman–Crippen LogP) is 6.29. The topological polar surface area (TPSA) is 79.6 Å². The van der Waals surface area contributed by atoms with E-state index in [9.17, 15) is 4.79 Å². The number of hydrogen-bond acceptors (Lipinski definition) is 6. The molecule has 0 radical (unpaired) electrons. The normalized spacial score (nSPS) is 21.5. The Labute approximate surface area is 229 Å². The summed E-state index contributed by atoms with van der Waals surface area (Å²) in [6, 6.07) is 26.9. The summed E-state index contributed by atoms with van der Waals surface area (Å²) in [5, 5.41) is 7.05. The van der Waals surface area contributed by atoms with E-state index >= 15 is 0 Å². The zero-order chi connectivity index (χ0) is 26.4. The van der Waals surface area contributed by atoms with Crippen LogP contribution in [0.3, 0.4) is 0 Å². The van der Waals surface area contributed by atoms with Crippen LogP contribution in [-0.2, 0) is 11.3 Å². The summed E-state index contributed by atoms with van der Waals surface area (Å²) in [5.41, 5.74) is 4.87. The fraction of sp³-hybridized carbons (Fsp3) is 0.375. The van der Waals surface area contributed by atoms with Gasteiger partial charge in [-0.3, -0.25) is 0 Å². The Hall–Kier alpha value is -3.84. The highest BCUT2D eigenvalue weighted by Crippen LogP contribution is 2.28. The maximum atomic E-state index is 12.6. The Kier molecular flexibility index (Phi) is 7.77. The van der Waals surface area contributed by atoms with Crippen molar-refractivity contribution < 1.29 is 13.9 Å². The summed E-state index contributed by atoms with van der Waals surface area (Å²) in [6.45, 7) is 2.28. The third kappa shape index (κ3) is 6.25. The quantitative estimate of drug-likeness (QED) is 0.296. The Balaban J connectivity index is 1.04. The fourth-order valence-corrected chi connectivity index (χ4v) is 5.88. The number of piperidine rings is 1. The number of aromatic nitrogens is 1. The molecule has 202 valence electrons. The van der Waals surface area contributed by atoms with Gasteiger partial charge in [0, 0.05) is 42.5 Å². The van der Waals surface area contributed by atoms with E-state index < -0.39 is 0 Å². The molecule has 2 heterocycles. The maximum absolute atomic E-state index is 12.6. The van der Waals surface area contributed by atoms with Crippen LogP contribution in [0.4, 0.5) is 10.5 Å². The van der Waals surface area contributed by atoms with Crippen molar-refractivity contribution in [1.82, 2.24) is 15.6 Å². The summed E-state index contributed by atoms with van der Waals surface area (Å²) in [6.07, 6.45) is 6.30. The van der Waals surface area contributed by atoms with E-state index in [4.69, 9.17) is 9.15 Å². The van der Waals surface area contributed by atoms with Gasteiger partial charge in [-0.2, -0.15) is 0 Å². The van der Waals surface area contributed by atoms with Gasteiger partial charge in [0.1, 0.15) is 12.1 Å². The molecule has 2 aliphatic rings. The van der Waals surface area contributed by atoms with Crippen molar-refractivity contribution >= 4 is 22.9 Å². The Morgan fingerprint density at radius 3 is 2.49 bits per heavy atom. The van der Waals surface area contributed by atoms with Gasteiger partial charge < -0.3 is 24.7 Å². The molecule has 1 amide bonds. The molecule has 0 unspecified atom stereocenters. The minimum Gasteiger partial charge on any atom is -0.445 e. The van der Waals surface area contributed by atoms with Crippen LogP contribution in [-0.4, -0.2) is 42.3 Å². The lowest BCUT2D eigenvalue weighted by molar-refractivity contribution is 0.128. The molecule has 39 heavy (non-hydrogen) atoms. The van der Waals surface area contributed by atoms with Crippen LogP contribution in [0.15, 0.2) is 83.3 Å². The van der Waals surface area contributed by atoms with Gasteiger partial charge in [-0.1, -0.05) is 55.3 Å². The number of rotatable bonds is 7. The molecule has 1 aromatic heterocycles. The van der Waals surface area contributed by atoms with Gasteiger partial charge in [0.05, 0.1) is 0 Å². The van der Waals surface area contributed by atoms with Gasteiger partial charge >= 0.3 is 6.09 Å². The van der Waals surface area contributed by atoms with Crippen molar-refractivity contribution in [2.24, 2.45) is 0 Å². The first-order chi connectivity index (χ1) is 19.2. The monoisotopic (exact) mass is 524 g/mol. The first kappa shape index (κ1) is 25.4. The lowest BCUT2D eigenvalue weighted by Gasteiger charge is -2.40. The Bertz CT molecular complexity index is 1340. The van der Waals surface area contributed by atoms with E-state index in [1.54, 1.807) is 0 Å². The number of carbonyl (C=O) groups is 1. The molecule has 2 N–H and O–H groups in total. The molecule has 1 aliphatic carbocycles. The van der Waals surface area contributed by atoms with Crippen LogP contribution < -0.4 is 15.5 Å². The smallest absolute Gasteiger partial charge is 0.407 e. The summed E-state index contributed by atoms with van der Waals surface area (Å²) in [5.74, 6) is 0.652. The van der Waals surface area contributed by atoms with Gasteiger partial charge in [0.25, 0.3) is 0 Å². The number of para-hydroxylation sites is 2. The van der Waals surface area contributed by atoms with Crippen molar-refractivity contribution in [1.29, 1.82) is 0 Å². The minimum atomic E-state index is -0.332. The zero-order valence-electron chi connectivity index (χ0n) is 22.2. The largest absolute Gasteiger partial charge is 0.445 e. The van der Waals surface area contributed by atoms with E-state index in [0.717, 1.165) is 67.4 Å². The highest BCUT2D eigenvalue weighted by atomic mass is 16.5. The molecule has 3 aromatic carbocycles. The number of anilines is 1. The molecular weight excluding hydrogens is 488 g/mol. The van der Waals surface area contributed by atoms with Crippen LogP contribution in [0.1, 0.15) is 44.1 Å². The van der Waals surface area contributed by atoms with E-state index in [0.29, 0.717) is 18.5 Å². The number of fused-ring (bicyclic) bond motifs is 1. The number of nitrogens with one attached hydrogen (secondary N) is 2. The van der Waals surface area contributed by atoms with Crippen LogP contribution >= 0.6 is 0 Å². The summed E-state index contributed by atoms with van der Waals surface area (Å²) in [7, 11) is 0. The molecule has 1 saturated carbocycles. The van der Waals surface area contributed by atoms with Crippen molar-refractivity contribution in [3.05, 3.63) is 84.4 Å². The van der Waals surface area contributed by atoms with E-state index in [1.807, 2.05) is 54.6 Å². The molecule has 2 fully saturated rings. The maximum Gasteiger partial charge on any atom is 0.407 e. The zero-order valence-corrected chi connectivity index (χ0v) is 22.2.